The number of anilines is 1. The number of rotatable bonds is 6. The number of nitro groups is 2. The van der Waals surface area contributed by atoms with Crippen molar-refractivity contribution < 1.29 is 24.2 Å². The van der Waals surface area contributed by atoms with E-state index in [0.29, 0.717) is 4.60 Å². The molecule has 13 nitrogen and oxygen atoms in total. The van der Waals surface area contributed by atoms with Crippen molar-refractivity contribution in [1.29, 1.82) is 0 Å². The summed E-state index contributed by atoms with van der Waals surface area (Å²) in [5.41, 5.74) is -1.32. The van der Waals surface area contributed by atoms with Gasteiger partial charge in [0.2, 0.25) is 11.6 Å². The van der Waals surface area contributed by atoms with Crippen LogP contribution >= 0.6 is 15.9 Å². The van der Waals surface area contributed by atoms with Gasteiger partial charge in [-0.1, -0.05) is 12.1 Å². The summed E-state index contributed by atoms with van der Waals surface area (Å²) >= 11 is 3.10. The molecule has 1 heterocycles. The molecule has 0 aliphatic rings. The summed E-state index contributed by atoms with van der Waals surface area (Å²) in [7, 11) is 0. The Morgan fingerprint density at radius 3 is 2.31 bits per heavy atom. The molecule has 0 aliphatic heterocycles. The highest BCUT2D eigenvalue weighted by molar-refractivity contribution is 9.10. The second-order valence-electron chi connectivity index (χ2n) is 5.92. The van der Waals surface area contributed by atoms with Crippen LogP contribution in [0.2, 0.25) is 0 Å². The summed E-state index contributed by atoms with van der Waals surface area (Å²) in [6, 6.07) is 10.5. The van der Waals surface area contributed by atoms with E-state index in [9.17, 15) is 29.8 Å². The monoisotopic (exact) mass is 502 g/mol. The Balaban J connectivity index is 1.74. The number of aromatic nitrogens is 2. The number of amides is 3. The average molecular weight is 503 g/mol. The van der Waals surface area contributed by atoms with E-state index in [1.54, 1.807) is 0 Å². The average Bonchev–Trinajstić information content (AvgIpc) is 2.76. The minimum absolute atomic E-state index is 0.00445. The van der Waals surface area contributed by atoms with Gasteiger partial charge in [-0.05, 0) is 40.2 Å². The zero-order valence-corrected chi connectivity index (χ0v) is 17.3. The number of imide groups is 1. The topological polar surface area (TPSA) is 179 Å². The smallest absolute Gasteiger partial charge is 0.326 e. The van der Waals surface area contributed by atoms with E-state index >= 15 is 0 Å². The van der Waals surface area contributed by atoms with Gasteiger partial charge in [0.15, 0.2) is 0 Å². The van der Waals surface area contributed by atoms with Gasteiger partial charge in [0.25, 0.3) is 11.6 Å². The summed E-state index contributed by atoms with van der Waals surface area (Å²) in [5.74, 6) is -1.17. The van der Waals surface area contributed by atoms with Crippen molar-refractivity contribution in [2.75, 3.05) is 5.32 Å². The molecule has 3 rings (SSSR count). The van der Waals surface area contributed by atoms with Crippen LogP contribution in [0.1, 0.15) is 10.4 Å². The Morgan fingerprint density at radius 2 is 1.66 bits per heavy atom. The second kappa shape index (κ2) is 9.57. The van der Waals surface area contributed by atoms with Crippen molar-refractivity contribution in [2.45, 2.75) is 0 Å². The van der Waals surface area contributed by atoms with E-state index in [1.165, 1.54) is 42.5 Å². The van der Waals surface area contributed by atoms with Gasteiger partial charge in [0.05, 0.1) is 9.85 Å². The highest BCUT2D eigenvalue weighted by Gasteiger charge is 2.22. The molecule has 0 bridgehead atoms. The van der Waals surface area contributed by atoms with Crippen molar-refractivity contribution in [1.82, 2.24) is 15.5 Å². The summed E-state index contributed by atoms with van der Waals surface area (Å²) in [6.45, 7) is 0. The predicted molar refractivity (Wildman–Crippen MR) is 112 cm³/mol. The van der Waals surface area contributed by atoms with Crippen LogP contribution in [0.3, 0.4) is 0 Å². The fraction of sp³-hybridized carbons (Fsp3) is 0. The number of ether oxygens (including phenoxy) is 1. The molecule has 0 saturated heterocycles. The Bertz CT molecular complexity index is 1220. The fourth-order valence-corrected chi connectivity index (χ4v) is 2.66. The molecule has 0 spiro atoms. The number of para-hydroxylation sites is 1. The van der Waals surface area contributed by atoms with Gasteiger partial charge < -0.3 is 10.1 Å². The lowest BCUT2D eigenvalue weighted by molar-refractivity contribution is -0.385. The van der Waals surface area contributed by atoms with E-state index in [-0.39, 0.29) is 22.9 Å². The van der Waals surface area contributed by atoms with Crippen LogP contribution in [-0.2, 0) is 0 Å². The number of nitrogens with one attached hydrogen (secondary N) is 2. The first-order valence-electron chi connectivity index (χ1n) is 8.56. The molecule has 0 saturated carbocycles. The van der Waals surface area contributed by atoms with Crippen LogP contribution in [-0.4, -0.2) is 32.0 Å². The molecule has 162 valence electrons. The maximum Gasteiger partial charge on any atom is 0.326 e. The lowest BCUT2D eigenvalue weighted by atomic mass is 10.1. The van der Waals surface area contributed by atoms with Crippen LogP contribution in [0.25, 0.3) is 0 Å². The van der Waals surface area contributed by atoms with Crippen molar-refractivity contribution in [3.63, 3.8) is 0 Å². The maximum absolute atomic E-state index is 12.2. The molecule has 0 radical (unpaired) electrons. The molecule has 3 aromatic rings. The molecule has 0 fully saturated rings. The summed E-state index contributed by atoms with van der Waals surface area (Å²) in [6.07, 6.45) is 0. The lowest BCUT2D eigenvalue weighted by Gasteiger charge is -2.09. The molecule has 2 aromatic carbocycles. The highest BCUT2D eigenvalue weighted by Crippen LogP contribution is 2.33. The van der Waals surface area contributed by atoms with Crippen molar-refractivity contribution in [3.05, 3.63) is 85.0 Å². The van der Waals surface area contributed by atoms with Gasteiger partial charge in [-0.2, -0.15) is 0 Å². The fourth-order valence-electron chi connectivity index (χ4n) is 2.45. The van der Waals surface area contributed by atoms with Gasteiger partial charge in [0.1, 0.15) is 10.2 Å². The standard InChI is InChI=1S/C18H11BrN6O7/c19-15-7-8-16(23-22-15)32-14-6-5-10(9-13(14)25(30)31)20-18(27)21-17(26)11-3-1-2-4-12(11)24(28)29/h1-9H,(H2,20,21,26,27). The van der Waals surface area contributed by atoms with Crippen LogP contribution in [0.5, 0.6) is 11.6 Å². The Labute approximate surface area is 186 Å². The zero-order valence-electron chi connectivity index (χ0n) is 15.7. The third-order valence-corrected chi connectivity index (χ3v) is 4.23. The predicted octanol–water partition coefficient (Wildman–Crippen LogP) is 3.81. The van der Waals surface area contributed by atoms with Crippen LogP contribution in [0.4, 0.5) is 21.9 Å². The first kappa shape index (κ1) is 22.2. The summed E-state index contributed by atoms with van der Waals surface area (Å²) in [4.78, 5) is 45.3. The van der Waals surface area contributed by atoms with Crippen LogP contribution in [0.15, 0.2) is 59.2 Å². The molecule has 32 heavy (non-hydrogen) atoms. The van der Waals surface area contributed by atoms with Crippen molar-refractivity contribution in [3.8, 4) is 11.6 Å². The van der Waals surface area contributed by atoms with Gasteiger partial charge in [-0.3, -0.25) is 30.3 Å². The van der Waals surface area contributed by atoms with Gasteiger partial charge >= 0.3 is 11.7 Å². The number of benzene rings is 2. The summed E-state index contributed by atoms with van der Waals surface area (Å²) < 4.78 is 5.81. The molecule has 0 aliphatic carbocycles. The third kappa shape index (κ3) is 5.37. The number of carbonyl (C=O) groups excluding carboxylic acids is 2. The van der Waals surface area contributed by atoms with Crippen LogP contribution < -0.4 is 15.4 Å². The quantitative estimate of drug-likeness (QED) is 0.374. The maximum atomic E-state index is 12.2. The number of nitro benzene ring substituents is 2. The second-order valence-corrected chi connectivity index (χ2v) is 6.73. The summed E-state index contributed by atoms with van der Waals surface area (Å²) in [5, 5.41) is 34.0. The molecule has 2 N–H and O–H groups in total. The lowest BCUT2D eigenvalue weighted by Crippen LogP contribution is -2.34. The molecular formula is C18H11BrN6O7. The van der Waals surface area contributed by atoms with Crippen molar-refractivity contribution in [2.24, 2.45) is 0 Å². The normalized spacial score (nSPS) is 10.2. The van der Waals surface area contributed by atoms with E-state index in [4.69, 9.17) is 4.74 Å². The Kier molecular flexibility index (Phi) is 6.65. The largest absolute Gasteiger partial charge is 0.430 e. The first-order chi connectivity index (χ1) is 15.2. The zero-order chi connectivity index (χ0) is 23.3. The molecule has 1 aromatic heterocycles. The van der Waals surface area contributed by atoms with E-state index in [1.807, 2.05) is 5.32 Å². The molecule has 14 heteroatoms. The SMILES string of the molecule is O=C(NC(=O)c1ccccc1[N+](=O)[O-])Nc1ccc(Oc2ccc(Br)nn2)c([N+](=O)[O-])c1. The Morgan fingerprint density at radius 1 is 0.938 bits per heavy atom. The number of nitrogens with zero attached hydrogens (tertiary/aromatic N) is 4. The minimum Gasteiger partial charge on any atom is -0.430 e. The molecule has 3 amide bonds. The van der Waals surface area contributed by atoms with Crippen LogP contribution in [0, 0.1) is 20.2 Å². The molecule has 0 unspecified atom stereocenters. The van der Waals surface area contributed by atoms with Gasteiger partial charge in [-0.25, -0.2) is 4.79 Å². The molecule has 0 atom stereocenters. The van der Waals surface area contributed by atoms with E-state index < -0.39 is 33.2 Å². The highest BCUT2D eigenvalue weighted by atomic mass is 79.9. The number of hydrogen-bond acceptors (Lipinski definition) is 9. The van der Waals surface area contributed by atoms with Crippen molar-refractivity contribution >= 4 is 44.9 Å². The third-order valence-electron chi connectivity index (χ3n) is 3.81. The minimum atomic E-state index is -1.05. The van der Waals surface area contributed by atoms with E-state index in [2.05, 4.69) is 31.4 Å². The van der Waals surface area contributed by atoms with Gasteiger partial charge in [-0.15, -0.1) is 10.2 Å². The van der Waals surface area contributed by atoms with Gasteiger partial charge in [0, 0.05) is 23.9 Å². The number of hydrogen-bond donors (Lipinski definition) is 2. The first-order valence-corrected chi connectivity index (χ1v) is 9.35. The van der Waals surface area contributed by atoms with E-state index in [0.717, 1.165) is 12.1 Å². The number of urea groups is 1. The molecular weight excluding hydrogens is 492 g/mol. The Hall–Kier alpha value is -4.46. The number of carbonyl (C=O) groups is 2. The number of halogens is 1.